The molecule has 0 heterocycles. The van der Waals surface area contributed by atoms with Gasteiger partial charge in [0, 0.05) is 19.0 Å². The number of alkyl halides is 3. The van der Waals surface area contributed by atoms with Crippen LogP contribution in [0.2, 0.25) is 0 Å². The fourth-order valence-electron chi connectivity index (χ4n) is 1.72. The van der Waals surface area contributed by atoms with E-state index in [1.54, 1.807) is 0 Å². The van der Waals surface area contributed by atoms with Gasteiger partial charge >= 0.3 is 6.18 Å². The molecule has 0 radical (unpaired) electrons. The van der Waals surface area contributed by atoms with Crippen molar-refractivity contribution >= 4 is 5.84 Å². The van der Waals surface area contributed by atoms with Crippen LogP contribution in [0.15, 0.2) is 24.3 Å². The van der Waals surface area contributed by atoms with Crippen molar-refractivity contribution in [1.82, 2.24) is 4.90 Å². The van der Waals surface area contributed by atoms with Gasteiger partial charge in [-0.05, 0) is 31.7 Å². The fraction of sp³-hybridized carbons (Fsp3) is 0.462. The van der Waals surface area contributed by atoms with E-state index in [4.69, 9.17) is 11.1 Å². The van der Waals surface area contributed by atoms with E-state index in [0.29, 0.717) is 13.0 Å². The first-order valence-electron chi connectivity index (χ1n) is 5.89. The van der Waals surface area contributed by atoms with Gasteiger partial charge in [0.1, 0.15) is 0 Å². The number of halogens is 3. The molecule has 0 saturated carbocycles. The van der Waals surface area contributed by atoms with E-state index in [9.17, 15) is 13.2 Å². The molecule has 0 bridgehead atoms. The van der Waals surface area contributed by atoms with E-state index in [2.05, 4.69) is 0 Å². The van der Waals surface area contributed by atoms with Gasteiger partial charge in [-0.25, -0.2) is 0 Å². The molecule has 0 aliphatic heterocycles. The molecule has 3 N–H and O–H groups in total. The molecule has 0 amide bonds. The average molecular weight is 273 g/mol. The number of nitrogens with two attached hydrogens (primary N) is 1. The predicted octanol–water partition coefficient (Wildman–Crippen LogP) is 2.85. The van der Waals surface area contributed by atoms with E-state index < -0.39 is 11.7 Å². The Kier molecular flexibility index (Phi) is 4.94. The summed E-state index contributed by atoms with van der Waals surface area (Å²) in [4.78, 5) is 1.95. The van der Waals surface area contributed by atoms with Crippen molar-refractivity contribution in [2.75, 3.05) is 7.05 Å². The largest absolute Gasteiger partial charge is 0.416 e. The second kappa shape index (κ2) is 6.06. The molecule has 1 unspecified atom stereocenters. The summed E-state index contributed by atoms with van der Waals surface area (Å²) in [5.74, 6) is 0.103. The Morgan fingerprint density at radius 2 is 1.84 bits per heavy atom. The van der Waals surface area contributed by atoms with Crippen LogP contribution >= 0.6 is 0 Å². The molecule has 6 heteroatoms. The number of nitrogens with zero attached hydrogens (tertiary/aromatic N) is 1. The number of benzene rings is 1. The molecule has 0 saturated heterocycles. The first-order valence-corrected chi connectivity index (χ1v) is 5.89. The summed E-state index contributed by atoms with van der Waals surface area (Å²) in [6.07, 6.45) is -3.86. The van der Waals surface area contributed by atoms with Crippen LogP contribution in [0.3, 0.4) is 0 Å². The molecule has 0 spiro atoms. The lowest BCUT2D eigenvalue weighted by Crippen LogP contribution is -2.32. The fourth-order valence-corrected chi connectivity index (χ4v) is 1.72. The van der Waals surface area contributed by atoms with Gasteiger partial charge < -0.3 is 5.73 Å². The number of amidine groups is 1. The van der Waals surface area contributed by atoms with Gasteiger partial charge in [0.2, 0.25) is 0 Å². The number of nitrogens with one attached hydrogen (secondary N) is 1. The minimum atomic E-state index is -4.30. The van der Waals surface area contributed by atoms with E-state index >= 15 is 0 Å². The van der Waals surface area contributed by atoms with Crippen LogP contribution < -0.4 is 5.73 Å². The highest BCUT2D eigenvalue weighted by molar-refractivity contribution is 5.77. The molecule has 3 nitrogen and oxygen atoms in total. The van der Waals surface area contributed by atoms with E-state index in [1.807, 2.05) is 18.9 Å². The minimum Gasteiger partial charge on any atom is -0.388 e. The van der Waals surface area contributed by atoms with Gasteiger partial charge in [0.15, 0.2) is 0 Å². The molecule has 106 valence electrons. The monoisotopic (exact) mass is 273 g/mol. The lowest BCUT2D eigenvalue weighted by Gasteiger charge is -2.24. The highest BCUT2D eigenvalue weighted by Crippen LogP contribution is 2.29. The van der Waals surface area contributed by atoms with E-state index in [-0.39, 0.29) is 11.9 Å². The SMILES string of the molecule is CC(CC(=N)N)N(C)Cc1ccc(C(F)(F)F)cc1. The first kappa shape index (κ1) is 15.5. The Hall–Kier alpha value is -1.56. The maximum atomic E-state index is 12.4. The van der Waals surface area contributed by atoms with Crippen molar-refractivity contribution < 1.29 is 13.2 Å². The molecule has 1 aromatic carbocycles. The van der Waals surface area contributed by atoms with Gasteiger partial charge in [0.05, 0.1) is 11.4 Å². The zero-order chi connectivity index (χ0) is 14.6. The second-order valence-corrected chi connectivity index (χ2v) is 4.69. The third-order valence-corrected chi connectivity index (χ3v) is 2.98. The van der Waals surface area contributed by atoms with E-state index in [0.717, 1.165) is 17.7 Å². The van der Waals surface area contributed by atoms with Crippen molar-refractivity contribution in [3.8, 4) is 0 Å². The number of rotatable bonds is 5. The molecule has 1 atom stereocenters. The smallest absolute Gasteiger partial charge is 0.388 e. The Morgan fingerprint density at radius 1 is 1.32 bits per heavy atom. The Balaban J connectivity index is 2.65. The zero-order valence-electron chi connectivity index (χ0n) is 11.0. The molecular weight excluding hydrogens is 255 g/mol. The van der Waals surface area contributed by atoms with Crippen molar-refractivity contribution in [2.45, 2.75) is 32.1 Å². The topological polar surface area (TPSA) is 53.1 Å². The molecule has 0 fully saturated rings. The third kappa shape index (κ3) is 4.90. The van der Waals surface area contributed by atoms with Crippen LogP contribution in [-0.2, 0) is 12.7 Å². The van der Waals surface area contributed by atoms with Crippen molar-refractivity contribution in [2.24, 2.45) is 5.73 Å². The van der Waals surface area contributed by atoms with Gasteiger partial charge in [-0.3, -0.25) is 10.3 Å². The summed E-state index contributed by atoms with van der Waals surface area (Å²) in [7, 11) is 1.85. The Morgan fingerprint density at radius 3 is 2.26 bits per heavy atom. The van der Waals surface area contributed by atoms with Gasteiger partial charge in [-0.1, -0.05) is 12.1 Å². The summed E-state index contributed by atoms with van der Waals surface area (Å²) in [6, 6.07) is 5.18. The molecule has 0 aromatic heterocycles. The predicted molar refractivity (Wildman–Crippen MR) is 68.9 cm³/mol. The quantitative estimate of drug-likeness (QED) is 0.640. The number of hydrogen-bond donors (Lipinski definition) is 2. The van der Waals surface area contributed by atoms with Gasteiger partial charge in [0.25, 0.3) is 0 Å². The molecule has 0 aliphatic rings. The summed E-state index contributed by atoms with van der Waals surface area (Å²) in [5.41, 5.74) is 5.48. The number of hydrogen-bond acceptors (Lipinski definition) is 2. The van der Waals surface area contributed by atoms with Crippen LogP contribution in [0.5, 0.6) is 0 Å². The lowest BCUT2D eigenvalue weighted by atomic mass is 10.1. The van der Waals surface area contributed by atoms with Crippen LogP contribution in [-0.4, -0.2) is 23.8 Å². The summed E-state index contributed by atoms with van der Waals surface area (Å²) in [6.45, 7) is 2.44. The highest BCUT2D eigenvalue weighted by atomic mass is 19.4. The third-order valence-electron chi connectivity index (χ3n) is 2.98. The maximum Gasteiger partial charge on any atom is 0.416 e. The normalized spacial score (nSPS) is 13.6. The minimum absolute atomic E-state index is 0.0693. The van der Waals surface area contributed by atoms with Gasteiger partial charge in [-0.2, -0.15) is 13.2 Å². The summed E-state index contributed by atoms with van der Waals surface area (Å²) < 4.78 is 37.2. The van der Waals surface area contributed by atoms with Gasteiger partial charge in [-0.15, -0.1) is 0 Å². The average Bonchev–Trinajstić information content (AvgIpc) is 2.27. The van der Waals surface area contributed by atoms with Crippen LogP contribution in [0.1, 0.15) is 24.5 Å². The summed E-state index contributed by atoms with van der Waals surface area (Å²) in [5, 5.41) is 7.22. The lowest BCUT2D eigenvalue weighted by molar-refractivity contribution is -0.137. The summed E-state index contributed by atoms with van der Waals surface area (Å²) >= 11 is 0. The van der Waals surface area contributed by atoms with Crippen molar-refractivity contribution in [3.05, 3.63) is 35.4 Å². The molecule has 19 heavy (non-hydrogen) atoms. The van der Waals surface area contributed by atoms with Crippen LogP contribution in [0, 0.1) is 5.41 Å². The highest BCUT2D eigenvalue weighted by Gasteiger charge is 2.29. The molecule has 1 rings (SSSR count). The molecular formula is C13H18F3N3. The molecule has 1 aromatic rings. The van der Waals surface area contributed by atoms with Crippen LogP contribution in [0.25, 0.3) is 0 Å². The van der Waals surface area contributed by atoms with Crippen molar-refractivity contribution in [3.63, 3.8) is 0 Å². The van der Waals surface area contributed by atoms with E-state index in [1.165, 1.54) is 12.1 Å². The second-order valence-electron chi connectivity index (χ2n) is 4.69. The van der Waals surface area contributed by atoms with Crippen LogP contribution in [0.4, 0.5) is 13.2 Å². The zero-order valence-corrected chi connectivity index (χ0v) is 11.0. The Labute approximate surface area is 110 Å². The molecule has 0 aliphatic carbocycles. The van der Waals surface area contributed by atoms with Crippen molar-refractivity contribution in [1.29, 1.82) is 5.41 Å². The first-order chi connectivity index (χ1) is 8.70. The standard InChI is InChI=1S/C13H18F3N3/c1-9(7-12(17)18)19(2)8-10-3-5-11(6-4-10)13(14,15)16/h3-6,9H,7-8H2,1-2H3,(H3,17,18). The Bertz CT molecular complexity index is 426. The maximum absolute atomic E-state index is 12.4.